The first-order valence-corrected chi connectivity index (χ1v) is 6.79. The molecule has 0 atom stereocenters. The maximum atomic E-state index is 12.9. The molecule has 0 aliphatic carbocycles. The Hall–Kier alpha value is -2.90. The summed E-state index contributed by atoms with van der Waals surface area (Å²) in [6, 6.07) is 5.94. The highest BCUT2D eigenvalue weighted by Gasteiger charge is 2.33. The number of nitrogens with one attached hydrogen (secondary N) is 1. The smallest absolute Gasteiger partial charge is 0.283 e. The number of pyridine rings is 1. The molecule has 0 radical (unpaired) electrons. The molecule has 23 heavy (non-hydrogen) atoms. The third-order valence-corrected chi connectivity index (χ3v) is 3.69. The maximum absolute atomic E-state index is 12.9. The Morgan fingerprint density at radius 1 is 1.17 bits per heavy atom. The van der Waals surface area contributed by atoms with Crippen molar-refractivity contribution < 1.29 is 13.2 Å². The Kier molecular flexibility index (Phi) is 2.72. The summed E-state index contributed by atoms with van der Waals surface area (Å²) in [5, 5.41) is 7.74. The third-order valence-electron chi connectivity index (χ3n) is 3.69. The molecule has 0 saturated carbocycles. The lowest BCUT2D eigenvalue weighted by Gasteiger charge is -2.08. The zero-order chi connectivity index (χ0) is 16.2. The van der Waals surface area contributed by atoms with Gasteiger partial charge < -0.3 is 0 Å². The predicted molar refractivity (Wildman–Crippen MR) is 78.3 cm³/mol. The van der Waals surface area contributed by atoms with Crippen molar-refractivity contribution in [3.63, 3.8) is 0 Å². The average molecular weight is 317 g/mol. The maximum Gasteiger partial charge on any atom is 0.433 e. The number of hydrogen-bond donors (Lipinski definition) is 1. The molecule has 0 saturated heterocycles. The van der Waals surface area contributed by atoms with Crippen LogP contribution in [0.25, 0.3) is 27.8 Å². The molecule has 0 fully saturated rings. The van der Waals surface area contributed by atoms with E-state index in [4.69, 9.17) is 0 Å². The van der Waals surface area contributed by atoms with Crippen molar-refractivity contribution in [1.29, 1.82) is 0 Å². The average Bonchev–Trinajstić information content (AvgIpc) is 3.11. The van der Waals surface area contributed by atoms with Crippen LogP contribution in [-0.2, 0) is 6.18 Å². The van der Waals surface area contributed by atoms with E-state index in [1.54, 1.807) is 10.8 Å². The van der Waals surface area contributed by atoms with Gasteiger partial charge in [-0.2, -0.15) is 18.3 Å². The van der Waals surface area contributed by atoms with Gasteiger partial charge in [0.15, 0.2) is 5.65 Å². The van der Waals surface area contributed by atoms with Crippen molar-refractivity contribution in [3.8, 4) is 5.69 Å². The van der Waals surface area contributed by atoms with E-state index < -0.39 is 11.9 Å². The van der Waals surface area contributed by atoms with Crippen LogP contribution in [0.5, 0.6) is 0 Å². The van der Waals surface area contributed by atoms with Crippen LogP contribution < -0.4 is 0 Å². The highest BCUT2D eigenvalue weighted by molar-refractivity contribution is 5.84. The van der Waals surface area contributed by atoms with Crippen LogP contribution in [0.2, 0.25) is 0 Å². The zero-order valence-corrected chi connectivity index (χ0v) is 11.9. The van der Waals surface area contributed by atoms with Gasteiger partial charge in [-0.25, -0.2) is 9.97 Å². The van der Waals surface area contributed by atoms with Gasteiger partial charge in [-0.15, -0.1) is 0 Å². The second-order valence-electron chi connectivity index (χ2n) is 5.25. The van der Waals surface area contributed by atoms with E-state index in [1.807, 2.05) is 19.1 Å². The molecule has 5 nitrogen and oxygen atoms in total. The van der Waals surface area contributed by atoms with Gasteiger partial charge in [0.25, 0.3) is 0 Å². The SMILES string of the molecule is Cc1cc(-n2cnc3ccc(C(F)(F)F)nc32)cc2cn[nH]c12. The molecule has 4 rings (SSSR count). The molecule has 0 unspecified atom stereocenters. The minimum atomic E-state index is -4.49. The predicted octanol–water partition coefficient (Wildman–Crippen LogP) is 3.62. The van der Waals surface area contributed by atoms with E-state index in [9.17, 15) is 13.2 Å². The lowest BCUT2D eigenvalue weighted by molar-refractivity contribution is -0.141. The Morgan fingerprint density at radius 2 is 2.00 bits per heavy atom. The first-order valence-electron chi connectivity index (χ1n) is 6.79. The van der Waals surface area contributed by atoms with Gasteiger partial charge >= 0.3 is 6.18 Å². The molecule has 116 valence electrons. The van der Waals surface area contributed by atoms with Gasteiger partial charge in [0.05, 0.1) is 11.7 Å². The number of imidazole rings is 1. The van der Waals surface area contributed by atoms with Crippen LogP contribution >= 0.6 is 0 Å². The molecule has 3 heterocycles. The molecular weight excluding hydrogens is 307 g/mol. The molecule has 0 bridgehead atoms. The number of aromatic amines is 1. The van der Waals surface area contributed by atoms with Crippen LogP contribution in [0.3, 0.4) is 0 Å². The lowest BCUT2D eigenvalue weighted by atomic mass is 10.1. The van der Waals surface area contributed by atoms with Crippen molar-refractivity contribution in [2.24, 2.45) is 0 Å². The Bertz CT molecular complexity index is 1030. The number of aromatic nitrogens is 5. The molecule has 0 aliphatic heterocycles. The number of alkyl halides is 3. The van der Waals surface area contributed by atoms with E-state index in [0.29, 0.717) is 11.2 Å². The molecule has 0 spiro atoms. The number of hydrogen-bond acceptors (Lipinski definition) is 3. The quantitative estimate of drug-likeness (QED) is 0.583. The largest absolute Gasteiger partial charge is 0.433 e. The number of nitrogens with zero attached hydrogens (tertiary/aromatic N) is 4. The number of benzene rings is 1. The standard InChI is InChI=1S/C15H10F3N5/c1-8-4-10(5-9-6-20-22-13(8)9)23-7-19-11-2-3-12(15(16,17)18)21-14(11)23/h2-7H,1H3,(H,20,22). The first kappa shape index (κ1) is 13.7. The van der Waals surface area contributed by atoms with Gasteiger partial charge in [0.1, 0.15) is 17.5 Å². The van der Waals surface area contributed by atoms with Gasteiger partial charge in [0, 0.05) is 11.1 Å². The highest BCUT2D eigenvalue weighted by atomic mass is 19.4. The van der Waals surface area contributed by atoms with Gasteiger partial charge in [-0.05, 0) is 36.8 Å². The summed E-state index contributed by atoms with van der Waals surface area (Å²) < 4.78 is 40.2. The van der Waals surface area contributed by atoms with Crippen LogP contribution in [0.1, 0.15) is 11.3 Å². The van der Waals surface area contributed by atoms with Gasteiger partial charge in [0.2, 0.25) is 0 Å². The normalized spacial score (nSPS) is 12.3. The molecule has 0 amide bonds. The van der Waals surface area contributed by atoms with Crippen LogP contribution in [-0.4, -0.2) is 24.7 Å². The van der Waals surface area contributed by atoms with E-state index in [1.165, 1.54) is 12.4 Å². The lowest BCUT2D eigenvalue weighted by Crippen LogP contribution is -2.08. The van der Waals surface area contributed by atoms with E-state index in [-0.39, 0.29) is 5.65 Å². The third kappa shape index (κ3) is 2.14. The molecule has 8 heteroatoms. The number of rotatable bonds is 1. The molecule has 1 N–H and O–H groups in total. The number of H-pyrrole nitrogens is 1. The highest BCUT2D eigenvalue weighted by Crippen LogP contribution is 2.30. The molecule has 1 aromatic carbocycles. The fourth-order valence-electron chi connectivity index (χ4n) is 2.60. The van der Waals surface area contributed by atoms with Gasteiger partial charge in [-0.1, -0.05) is 0 Å². The monoisotopic (exact) mass is 317 g/mol. The second-order valence-corrected chi connectivity index (χ2v) is 5.25. The summed E-state index contributed by atoms with van der Waals surface area (Å²) in [7, 11) is 0. The zero-order valence-electron chi connectivity index (χ0n) is 11.9. The summed E-state index contributed by atoms with van der Waals surface area (Å²) in [5.41, 5.74) is 2.15. The van der Waals surface area contributed by atoms with Gasteiger partial charge in [-0.3, -0.25) is 9.67 Å². The van der Waals surface area contributed by atoms with Crippen LogP contribution in [0, 0.1) is 6.92 Å². The molecule has 0 aliphatic rings. The Morgan fingerprint density at radius 3 is 2.78 bits per heavy atom. The van der Waals surface area contributed by atoms with Crippen molar-refractivity contribution >= 4 is 22.1 Å². The minimum Gasteiger partial charge on any atom is -0.283 e. The van der Waals surface area contributed by atoms with E-state index in [2.05, 4.69) is 20.2 Å². The summed E-state index contributed by atoms with van der Waals surface area (Å²) in [5.74, 6) is 0. The van der Waals surface area contributed by atoms with Crippen molar-refractivity contribution in [1.82, 2.24) is 24.7 Å². The summed E-state index contributed by atoms with van der Waals surface area (Å²) in [6.45, 7) is 1.90. The minimum absolute atomic E-state index is 0.169. The molecule has 4 aromatic rings. The van der Waals surface area contributed by atoms with Crippen LogP contribution in [0.15, 0.2) is 36.8 Å². The number of aryl methyl sites for hydroxylation is 1. The fraction of sp³-hybridized carbons (Fsp3) is 0.133. The molecular formula is C15H10F3N5. The number of halogens is 3. The number of fused-ring (bicyclic) bond motifs is 2. The Labute approximate surface area is 127 Å². The topological polar surface area (TPSA) is 59.4 Å². The van der Waals surface area contributed by atoms with Crippen LogP contribution in [0.4, 0.5) is 13.2 Å². The first-order chi connectivity index (χ1) is 10.9. The Balaban J connectivity index is 1.96. The molecule has 3 aromatic heterocycles. The van der Waals surface area contributed by atoms with Crippen molar-refractivity contribution in [3.05, 3.63) is 48.0 Å². The second kappa shape index (κ2) is 4.55. The van der Waals surface area contributed by atoms with Crippen molar-refractivity contribution in [2.75, 3.05) is 0 Å². The van der Waals surface area contributed by atoms with Crippen molar-refractivity contribution in [2.45, 2.75) is 13.1 Å². The van der Waals surface area contributed by atoms with E-state index >= 15 is 0 Å². The summed E-state index contributed by atoms with van der Waals surface area (Å²) >= 11 is 0. The van der Waals surface area contributed by atoms with E-state index in [0.717, 1.165) is 22.5 Å². The fourth-order valence-corrected chi connectivity index (χ4v) is 2.60. The summed E-state index contributed by atoms with van der Waals surface area (Å²) in [6.07, 6.45) is -1.36. The summed E-state index contributed by atoms with van der Waals surface area (Å²) in [4.78, 5) is 7.86.